The summed E-state index contributed by atoms with van der Waals surface area (Å²) in [6, 6.07) is 16.1. The summed E-state index contributed by atoms with van der Waals surface area (Å²) in [6.07, 6.45) is 2.84. The lowest BCUT2D eigenvalue weighted by molar-refractivity contribution is -0.116. The summed E-state index contributed by atoms with van der Waals surface area (Å²) in [5.41, 5.74) is 4.97. The van der Waals surface area contributed by atoms with E-state index < -0.39 is 0 Å². The second kappa shape index (κ2) is 6.92. The lowest BCUT2D eigenvalue weighted by Gasteiger charge is -2.08. The third-order valence-corrected chi connectivity index (χ3v) is 5.11. The third kappa shape index (κ3) is 3.35. The van der Waals surface area contributed by atoms with Gasteiger partial charge < -0.3 is 10.3 Å². The fraction of sp³-hybridized carbons (Fsp3) is 0.143. The van der Waals surface area contributed by atoms with Crippen LogP contribution in [0.1, 0.15) is 17.7 Å². The van der Waals surface area contributed by atoms with Crippen molar-refractivity contribution in [1.82, 2.24) is 9.97 Å². The van der Waals surface area contributed by atoms with E-state index in [-0.39, 0.29) is 5.91 Å². The van der Waals surface area contributed by atoms with Gasteiger partial charge in [0, 0.05) is 32.9 Å². The molecule has 0 bridgehead atoms. The predicted octanol–water partition coefficient (Wildman–Crippen LogP) is 5.36. The van der Waals surface area contributed by atoms with Crippen molar-refractivity contribution in [3.8, 4) is 0 Å². The Morgan fingerprint density at radius 1 is 1.12 bits per heavy atom. The zero-order valence-electron chi connectivity index (χ0n) is 14.3. The van der Waals surface area contributed by atoms with Gasteiger partial charge in [0.1, 0.15) is 0 Å². The molecule has 0 spiro atoms. The number of aromatic amines is 1. The average Bonchev–Trinajstić information content (AvgIpc) is 3.00. The van der Waals surface area contributed by atoms with Gasteiger partial charge in [0.25, 0.3) is 0 Å². The minimum Gasteiger partial charge on any atom is -0.353 e. The number of nitrogens with zero attached hydrogens (tertiary/aromatic N) is 1. The molecule has 0 aliphatic rings. The maximum absolute atomic E-state index is 12.3. The Bertz CT molecular complexity index is 1120. The van der Waals surface area contributed by atoms with Gasteiger partial charge in [-0.1, -0.05) is 24.3 Å². The monoisotopic (exact) mass is 407 g/mol. The Morgan fingerprint density at radius 2 is 1.96 bits per heavy atom. The lowest BCUT2D eigenvalue weighted by atomic mass is 10.1. The van der Waals surface area contributed by atoms with Gasteiger partial charge in [-0.25, -0.2) is 0 Å². The highest BCUT2D eigenvalue weighted by Gasteiger charge is 2.09. The Kier molecular flexibility index (Phi) is 4.47. The standard InChI is InChI=1S/C21H18BrN3O/c1-13-6-8-19(17(22)10-13)25-21(26)9-7-14-11-16-15-4-2-3-5-18(15)24-20(16)12-23-14/h2-6,8,10-12,24H,7,9H2,1H3,(H,25,26). The van der Waals surface area contributed by atoms with Gasteiger partial charge in [-0.2, -0.15) is 0 Å². The number of aromatic nitrogens is 2. The Morgan fingerprint density at radius 3 is 2.81 bits per heavy atom. The quantitative estimate of drug-likeness (QED) is 0.478. The van der Waals surface area contributed by atoms with Crippen molar-refractivity contribution < 1.29 is 4.79 Å². The Hall–Kier alpha value is -2.66. The number of nitrogens with one attached hydrogen (secondary N) is 2. The molecule has 0 aliphatic heterocycles. The summed E-state index contributed by atoms with van der Waals surface area (Å²) in [4.78, 5) is 20.1. The first-order chi connectivity index (χ1) is 12.6. The summed E-state index contributed by atoms with van der Waals surface area (Å²) < 4.78 is 0.893. The topological polar surface area (TPSA) is 57.8 Å². The maximum atomic E-state index is 12.3. The Balaban J connectivity index is 1.48. The van der Waals surface area contributed by atoms with Crippen molar-refractivity contribution in [3.63, 3.8) is 0 Å². The van der Waals surface area contributed by atoms with Crippen LogP contribution in [0.2, 0.25) is 0 Å². The van der Waals surface area contributed by atoms with Crippen molar-refractivity contribution in [2.75, 3.05) is 5.32 Å². The predicted molar refractivity (Wildman–Crippen MR) is 109 cm³/mol. The van der Waals surface area contributed by atoms with Crippen molar-refractivity contribution in [2.24, 2.45) is 0 Å². The highest BCUT2D eigenvalue weighted by atomic mass is 79.9. The van der Waals surface area contributed by atoms with E-state index in [9.17, 15) is 4.79 Å². The SMILES string of the molecule is Cc1ccc(NC(=O)CCc2cc3c(cn2)[nH]c2ccccc23)c(Br)c1. The van der Waals surface area contributed by atoms with E-state index in [0.717, 1.165) is 37.8 Å². The molecule has 4 nitrogen and oxygen atoms in total. The summed E-state index contributed by atoms with van der Waals surface area (Å²) >= 11 is 3.49. The van der Waals surface area contributed by atoms with E-state index in [1.165, 1.54) is 5.39 Å². The molecule has 2 heterocycles. The summed E-state index contributed by atoms with van der Waals surface area (Å²) in [5.74, 6) is -0.0182. The average molecular weight is 408 g/mol. The molecule has 0 radical (unpaired) electrons. The van der Waals surface area contributed by atoms with Crippen LogP contribution in [0, 0.1) is 6.92 Å². The Labute approximate surface area is 159 Å². The van der Waals surface area contributed by atoms with Gasteiger partial charge in [-0.05, 0) is 59.1 Å². The molecule has 26 heavy (non-hydrogen) atoms. The van der Waals surface area contributed by atoms with Crippen LogP contribution in [0.15, 0.2) is 59.2 Å². The number of pyridine rings is 1. The fourth-order valence-electron chi connectivity index (χ4n) is 3.11. The molecular weight excluding hydrogens is 390 g/mol. The molecule has 0 saturated carbocycles. The van der Waals surface area contributed by atoms with Crippen LogP contribution in [0.3, 0.4) is 0 Å². The van der Waals surface area contributed by atoms with Crippen LogP contribution in [-0.4, -0.2) is 15.9 Å². The van der Waals surface area contributed by atoms with E-state index in [0.29, 0.717) is 12.8 Å². The number of carbonyl (C=O) groups excluding carboxylic acids is 1. The maximum Gasteiger partial charge on any atom is 0.224 e. The van der Waals surface area contributed by atoms with Crippen LogP contribution in [0.5, 0.6) is 0 Å². The zero-order valence-corrected chi connectivity index (χ0v) is 15.9. The number of carbonyl (C=O) groups is 1. The van der Waals surface area contributed by atoms with E-state index in [2.05, 4.69) is 49.4 Å². The van der Waals surface area contributed by atoms with Gasteiger partial charge >= 0.3 is 0 Å². The smallest absolute Gasteiger partial charge is 0.224 e. The summed E-state index contributed by atoms with van der Waals surface area (Å²) in [5, 5.41) is 5.28. The molecule has 5 heteroatoms. The second-order valence-electron chi connectivity index (χ2n) is 6.42. The van der Waals surface area contributed by atoms with Gasteiger partial charge in [0.2, 0.25) is 5.91 Å². The number of para-hydroxylation sites is 1. The number of benzene rings is 2. The van der Waals surface area contributed by atoms with E-state index in [1.807, 2.05) is 43.5 Å². The number of H-pyrrole nitrogens is 1. The van der Waals surface area contributed by atoms with Crippen molar-refractivity contribution in [2.45, 2.75) is 19.8 Å². The van der Waals surface area contributed by atoms with Gasteiger partial charge in [-0.15, -0.1) is 0 Å². The largest absolute Gasteiger partial charge is 0.353 e. The summed E-state index contributed by atoms with van der Waals surface area (Å²) in [7, 11) is 0. The molecule has 0 atom stereocenters. The molecule has 1 amide bonds. The van der Waals surface area contributed by atoms with Crippen LogP contribution >= 0.6 is 15.9 Å². The first-order valence-corrected chi connectivity index (χ1v) is 9.31. The second-order valence-corrected chi connectivity index (χ2v) is 7.28. The molecule has 0 aliphatic carbocycles. The molecule has 4 rings (SSSR count). The minimum absolute atomic E-state index is 0.0182. The van der Waals surface area contributed by atoms with Gasteiger partial charge in [-0.3, -0.25) is 9.78 Å². The number of anilines is 1. The third-order valence-electron chi connectivity index (χ3n) is 4.45. The lowest BCUT2D eigenvalue weighted by Crippen LogP contribution is -2.13. The number of hydrogen-bond acceptors (Lipinski definition) is 2. The van der Waals surface area contributed by atoms with Crippen LogP contribution in [-0.2, 0) is 11.2 Å². The number of rotatable bonds is 4. The summed E-state index contributed by atoms with van der Waals surface area (Å²) in [6.45, 7) is 2.02. The molecule has 4 aromatic rings. The molecule has 2 aromatic carbocycles. The number of fused-ring (bicyclic) bond motifs is 3. The van der Waals surface area contributed by atoms with Crippen molar-refractivity contribution in [1.29, 1.82) is 0 Å². The van der Waals surface area contributed by atoms with Crippen LogP contribution in [0.4, 0.5) is 5.69 Å². The number of amides is 1. The van der Waals surface area contributed by atoms with Gasteiger partial charge in [0.15, 0.2) is 0 Å². The van der Waals surface area contributed by atoms with Crippen LogP contribution in [0.25, 0.3) is 21.8 Å². The van der Waals surface area contributed by atoms with Crippen molar-refractivity contribution >= 4 is 49.3 Å². The number of halogens is 1. The van der Waals surface area contributed by atoms with E-state index >= 15 is 0 Å². The normalized spacial score (nSPS) is 11.2. The fourth-order valence-corrected chi connectivity index (χ4v) is 3.70. The van der Waals surface area contributed by atoms with Gasteiger partial charge in [0.05, 0.1) is 17.4 Å². The van der Waals surface area contributed by atoms with Crippen molar-refractivity contribution in [3.05, 3.63) is 70.5 Å². The molecule has 130 valence electrons. The first-order valence-electron chi connectivity index (χ1n) is 8.51. The van der Waals surface area contributed by atoms with E-state index in [4.69, 9.17) is 0 Å². The highest BCUT2D eigenvalue weighted by Crippen LogP contribution is 2.26. The molecule has 2 N–H and O–H groups in total. The molecule has 0 unspecified atom stereocenters. The molecule has 0 fully saturated rings. The zero-order chi connectivity index (χ0) is 18.1. The number of aryl methyl sites for hydroxylation is 2. The highest BCUT2D eigenvalue weighted by molar-refractivity contribution is 9.10. The molecule has 0 saturated heterocycles. The molecular formula is C21H18BrN3O. The first kappa shape index (κ1) is 16.8. The van der Waals surface area contributed by atoms with Crippen LogP contribution < -0.4 is 5.32 Å². The number of hydrogen-bond donors (Lipinski definition) is 2. The molecule has 2 aromatic heterocycles. The minimum atomic E-state index is -0.0182. The van der Waals surface area contributed by atoms with E-state index in [1.54, 1.807) is 0 Å².